The molecule has 2 aromatic rings. The first-order valence-corrected chi connectivity index (χ1v) is 5.45. The summed E-state index contributed by atoms with van der Waals surface area (Å²) in [4.78, 5) is 11.7. The maximum Gasteiger partial charge on any atom is 0.270 e. The molecule has 0 atom stereocenters. The molecule has 0 saturated heterocycles. The van der Waals surface area contributed by atoms with Crippen LogP contribution in [0.3, 0.4) is 0 Å². The van der Waals surface area contributed by atoms with Crippen molar-refractivity contribution in [3.63, 3.8) is 0 Å². The molecule has 0 spiro atoms. The molecule has 0 amide bonds. The van der Waals surface area contributed by atoms with Crippen LogP contribution >= 0.6 is 0 Å². The summed E-state index contributed by atoms with van der Waals surface area (Å²) in [5, 5.41) is 3.86. The van der Waals surface area contributed by atoms with Crippen LogP contribution in [0.1, 0.15) is 10.4 Å². The predicted octanol–water partition coefficient (Wildman–Crippen LogP) is 1.97. The fourth-order valence-corrected chi connectivity index (χ4v) is 1.66. The van der Waals surface area contributed by atoms with Gasteiger partial charge in [-0.1, -0.05) is 6.07 Å². The van der Waals surface area contributed by atoms with Crippen LogP contribution in [0.2, 0.25) is 0 Å². The molecule has 0 unspecified atom stereocenters. The Balaban J connectivity index is 1.78. The highest BCUT2D eigenvalue weighted by molar-refractivity contribution is 5.93. The molecule has 0 fully saturated rings. The molecular weight excluding hydrogens is 232 g/mol. The van der Waals surface area contributed by atoms with E-state index in [4.69, 9.17) is 9.47 Å². The average Bonchev–Trinajstić information content (AvgIpc) is 3.05. The summed E-state index contributed by atoms with van der Waals surface area (Å²) in [7, 11) is 0. The SMILES string of the molecule is O=C(C=Cc1ccc2c(c1)OCO2)n1cccn1. The molecular formula is C13H10N2O3. The molecule has 1 aliphatic heterocycles. The van der Waals surface area contributed by atoms with Crippen molar-refractivity contribution in [2.75, 3.05) is 6.79 Å². The van der Waals surface area contributed by atoms with Gasteiger partial charge in [0.1, 0.15) is 0 Å². The summed E-state index contributed by atoms with van der Waals surface area (Å²) in [6.45, 7) is 0.245. The number of benzene rings is 1. The van der Waals surface area contributed by atoms with Crippen LogP contribution in [0.4, 0.5) is 0 Å². The van der Waals surface area contributed by atoms with Crippen LogP contribution in [-0.2, 0) is 0 Å². The molecule has 0 radical (unpaired) electrons. The van der Waals surface area contributed by atoms with E-state index in [9.17, 15) is 4.79 Å². The van der Waals surface area contributed by atoms with Gasteiger partial charge in [-0.2, -0.15) is 5.10 Å². The average molecular weight is 242 g/mol. The van der Waals surface area contributed by atoms with E-state index in [1.165, 1.54) is 10.8 Å². The van der Waals surface area contributed by atoms with E-state index in [0.29, 0.717) is 5.75 Å². The van der Waals surface area contributed by atoms with E-state index in [1.54, 1.807) is 24.5 Å². The number of carbonyl (C=O) groups excluding carboxylic acids is 1. The molecule has 1 aromatic carbocycles. The van der Waals surface area contributed by atoms with Crippen molar-refractivity contribution in [2.45, 2.75) is 0 Å². The van der Waals surface area contributed by atoms with E-state index in [1.807, 2.05) is 18.2 Å². The number of hydrogen-bond acceptors (Lipinski definition) is 4. The Morgan fingerprint density at radius 2 is 2.22 bits per heavy atom. The summed E-state index contributed by atoms with van der Waals surface area (Å²) in [6, 6.07) is 7.21. The van der Waals surface area contributed by atoms with E-state index in [2.05, 4.69) is 5.10 Å². The number of aromatic nitrogens is 2. The molecule has 3 rings (SSSR count). The largest absolute Gasteiger partial charge is 0.454 e. The third kappa shape index (κ3) is 1.98. The molecule has 0 bridgehead atoms. The van der Waals surface area contributed by atoms with Gasteiger partial charge in [0.05, 0.1) is 0 Å². The lowest BCUT2D eigenvalue weighted by Crippen LogP contribution is -2.06. The standard InChI is InChI=1S/C13H10N2O3/c16-13(15-7-1-6-14-15)5-3-10-2-4-11-12(8-10)18-9-17-11/h1-8H,9H2. The first-order valence-electron chi connectivity index (χ1n) is 5.45. The minimum absolute atomic E-state index is 0.197. The third-order valence-electron chi connectivity index (χ3n) is 2.55. The highest BCUT2D eigenvalue weighted by atomic mass is 16.7. The number of rotatable bonds is 2. The van der Waals surface area contributed by atoms with Gasteiger partial charge in [-0.25, -0.2) is 4.68 Å². The predicted molar refractivity (Wildman–Crippen MR) is 64.5 cm³/mol. The van der Waals surface area contributed by atoms with Crippen LogP contribution < -0.4 is 9.47 Å². The number of hydrogen-bond donors (Lipinski definition) is 0. The van der Waals surface area contributed by atoms with Crippen molar-refractivity contribution < 1.29 is 14.3 Å². The zero-order chi connectivity index (χ0) is 12.4. The molecule has 5 nitrogen and oxygen atoms in total. The van der Waals surface area contributed by atoms with Crippen molar-refractivity contribution in [1.82, 2.24) is 9.78 Å². The number of allylic oxidation sites excluding steroid dienone is 1. The van der Waals surface area contributed by atoms with Gasteiger partial charge in [0.25, 0.3) is 5.91 Å². The quantitative estimate of drug-likeness (QED) is 0.755. The summed E-state index contributed by atoms with van der Waals surface area (Å²) in [5.74, 6) is 1.23. The van der Waals surface area contributed by atoms with Gasteiger partial charge >= 0.3 is 0 Å². The highest BCUT2D eigenvalue weighted by Gasteiger charge is 2.12. The van der Waals surface area contributed by atoms with E-state index in [-0.39, 0.29) is 12.7 Å². The lowest BCUT2D eigenvalue weighted by atomic mass is 10.2. The maximum absolute atomic E-state index is 11.7. The summed E-state index contributed by atoms with van der Waals surface area (Å²) in [6.07, 6.45) is 6.34. The number of carbonyl (C=O) groups is 1. The Labute approximate surface area is 103 Å². The number of fused-ring (bicyclic) bond motifs is 1. The monoisotopic (exact) mass is 242 g/mol. The van der Waals surface area contributed by atoms with Gasteiger partial charge in [-0.05, 0) is 29.8 Å². The molecule has 0 saturated carbocycles. The maximum atomic E-state index is 11.7. The van der Waals surface area contributed by atoms with Gasteiger partial charge in [-0.3, -0.25) is 4.79 Å². The fourth-order valence-electron chi connectivity index (χ4n) is 1.66. The van der Waals surface area contributed by atoms with Crippen LogP contribution in [-0.4, -0.2) is 22.5 Å². The Morgan fingerprint density at radius 1 is 1.33 bits per heavy atom. The molecule has 90 valence electrons. The summed E-state index contributed by atoms with van der Waals surface area (Å²) < 4.78 is 11.7. The van der Waals surface area contributed by atoms with Gasteiger partial charge in [0.2, 0.25) is 6.79 Å². The molecule has 18 heavy (non-hydrogen) atoms. The zero-order valence-corrected chi connectivity index (χ0v) is 9.45. The highest BCUT2D eigenvalue weighted by Crippen LogP contribution is 2.32. The van der Waals surface area contributed by atoms with E-state index >= 15 is 0 Å². The van der Waals surface area contributed by atoms with E-state index < -0.39 is 0 Å². The van der Waals surface area contributed by atoms with Gasteiger partial charge in [-0.15, -0.1) is 0 Å². The second-order valence-corrected chi connectivity index (χ2v) is 3.73. The number of nitrogens with zero attached hydrogens (tertiary/aromatic N) is 2. The minimum Gasteiger partial charge on any atom is -0.454 e. The molecule has 2 heterocycles. The molecule has 5 heteroatoms. The van der Waals surface area contributed by atoms with Crippen molar-refractivity contribution in [2.24, 2.45) is 0 Å². The van der Waals surface area contributed by atoms with Crippen LogP contribution in [0.25, 0.3) is 6.08 Å². The van der Waals surface area contributed by atoms with Gasteiger partial charge in [0.15, 0.2) is 11.5 Å². The van der Waals surface area contributed by atoms with Crippen molar-refractivity contribution in [3.05, 3.63) is 48.3 Å². The topological polar surface area (TPSA) is 53.4 Å². The summed E-state index contributed by atoms with van der Waals surface area (Å²) >= 11 is 0. The second kappa shape index (κ2) is 4.37. The second-order valence-electron chi connectivity index (χ2n) is 3.73. The molecule has 0 N–H and O–H groups in total. The zero-order valence-electron chi connectivity index (χ0n) is 9.45. The normalized spacial score (nSPS) is 13.1. The Morgan fingerprint density at radius 3 is 3.06 bits per heavy atom. The summed E-state index contributed by atoms with van der Waals surface area (Å²) in [5.41, 5.74) is 0.875. The van der Waals surface area contributed by atoms with Crippen LogP contribution in [0.5, 0.6) is 11.5 Å². The fraction of sp³-hybridized carbons (Fsp3) is 0.0769. The van der Waals surface area contributed by atoms with Crippen molar-refractivity contribution >= 4 is 12.0 Å². The first kappa shape index (κ1) is 10.6. The van der Waals surface area contributed by atoms with Gasteiger partial charge in [0, 0.05) is 18.5 Å². The van der Waals surface area contributed by atoms with E-state index in [0.717, 1.165) is 11.3 Å². The van der Waals surface area contributed by atoms with Gasteiger partial charge < -0.3 is 9.47 Å². The first-order chi connectivity index (χ1) is 8.83. The molecule has 1 aromatic heterocycles. The van der Waals surface area contributed by atoms with Crippen LogP contribution in [0.15, 0.2) is 42.7 Å². The Bertz CT molecular complexity index is 603. The lowest BCUT2D eigenvalue weighted by molar-refractivity contribution is 0.0955. The molecule has 0 aliphatic carbocycles. The Kier molecular flexibility index (Phi) is 2.57. The molecule has 1 aliphatic rings. The minimum atomic E-state index is -0.197. The van der Waals surface area contributed by atoms with Crippen LogP contribution in [0, 0.1) is 0 Å². The lowest BCUT2D eigenvalue weighted by Gasteiger charge is -1.97. The number of ether oxygens (including phenoxy) is 2. The van der Waals surface area contributed by atoms with Crippen molar-refractivity contribution in [3.8, 4) is 11.5 Å². The third-order valence-corrected chi connectivity index (χ3v) is 2.55. The smallest absolute Gasteiger partial charge is 0.270 e. The van der Waals surface area contributed by atoms with Crippen molar-refractivity contribution in [1.29, 1.82) is 0 Å². The Hall–Kier alpha value is -2.56.